The lowest BCUT2D eigenvalue weighted by Crippen LogP contribution is -2.25. The molecule has 3 aromatic rings. The molecule has 0 fully saturated rings. The minimum atomic E-state index is -4.49. The molecule has 0 aliphatic rings. The number of alkyl halides is 3. The summed E-state index contributed by atoms with van der Waals surface area (Å²) >= 11 is 0. The van der Waals surface area contributed by atoms with E-state index in [1.54, 1.807) is 18.2 Å². The van der Waals surface area contributed by atoms with Crippen LogP contribution in [0.25, 0.3) is 11.4 Å². The van der Waals surface area contributed by atoms with Gasteiger partial charge >= 0.3 is 6.18 Å². The summed E-state index contributed by atoms with van der Waals surface area (Å²) < 4.78 is 38.6. The van der Waals surface area contributed by atoms with E-state index in [1.807, 2.05) is 0 Å². The fourth-order valence-corrected chi connectivity index (χ4v) is 2.51. The van der Waals surface area contributed by atoms with Gasteiger partial charge in [0, 0.05) is 16.8 Å². The number of Topliss-reactive ketones (excluding diaryl/α,β-unsaturated/α-hetero) is 1. The summed E-state index contributed by atoms with van der Waals surface area (Å²) in [6, 6.07) is 10.1. The number of aromatic nitrogens is 4. The van der Waals surface area contributed by atoms with Crippen molar-refractivity contribution in [2.45, 2.75) is 26.1 Å². The first-order valence-corrected chi connectivity index (χ1v) is 8.54. The smallest absolute Gasteiger partial charge is 0.324 e. The number of hydrogen-bond donors (Lipinski definition) is 1. The van der Waals surface area contributed by atoms with E-state index in [9.17, 15) is 22.8 Å². The van der Waals surface area contributed by atoms with Gasteiger partial charge in [0.1, 0.15) is 6.04 Å². The molecule has 7 nitrogen and oxygen atoms in total. The third-order valence-electron chi connectivity index (χ3n) is 4.14. The maximum Gasteiger partial charge on any atom is 0.416 e. The van der Waals surface area contributed by atoms with Crippen molar-refractivity contribution in [2.75, 3.05) is 5.32 Å². The van der Waals surface area contributed by atoms with E-state index < -0.39 is 23.7 Å². The van der Waals surface area contributed by atoms with Crippen LogP contribution in [0.2, 0.25) is 0 Å². The molecule has 0 radical (unpaired) electrons. The molecule has 1 aromatic heterocycles. The average molecular weight is 403 g/mol. The predicted octanol–water partition coefficient (Wildman–Crippen LogP) is 3.76. The van der Waals surface area contributed by atoms with E-state index in [2.05, 4.69) is 20.7 Å². The minimum Gasteiger partial charge on any atom is -0.324 e. The number of ketones is 1. The molecule has 3 rings (SSSR count). The zero-order valence-electron chi connectivity index (χ0n) is 15.4. The van der Waals surface area contributed by atoms with Gasteiger partial charge in [0.05, 0.1) is 5.56 Å². The summed E-state index contributed by atoms with van der Waals surface area (Å²) in [5.74, 6) is -0.647. The van der Waals surface area contributed by atoms with Crippen LogP contribution in [0.1, 0.15) is 35.8 Å². The van der Waals surface area contributed by atoms with E-state index in [1.165, 1.54) is 32.0 Å². The first-order valence-electron chi connectivity index (χ1n) is 8.54. The third-order valence-corrected chi connectivity index (χ3v) is 4.14. The SMILES string of the molecule is CC(=O)c1cccc(NC(=O)[C@@H](C)n2nnc(-c3cccc(C(F)(F)F)c3)n2)c1. The topological polar surface area (TPSA) is 89.8 Å². The van der Waals surface area contributed by atoms with Crippen LogP contribution >= 0.6 is 0 Å². The van der Waals surface area contributed by atoms with Gasteiger partial charge in [0.15, 0.2) is 5.78 Å². The van der Waals surface area contributed by atoms with Crippen LogP contribution < -0.4 is 5.32 Å². The molecular formula is C19H16F3N5O2. The van der Waals surface area contributed by atoms with Crippen molar-refractivity contribution in [3.8, 4) is 11.4 Å². The fraction of sp³-hybridized carbons (Fsp3) is 0.211. The van der Waals surface area contributed by atoms with Crippen molar-refractivity contribution in [1.82, 2.24) is 20.2 Å². The van der Waals surface area contributed by atoms with Crippen molar-refractivity contribution < 1.29 is 22.8 Å². The molecule has 10 heteroatoms. The molecule has 1 N–H and O–H groups in total. The van der Waals surface area contributed by atoms with Crippen molar-refractivity contribution in [3.05, 3.63) is 59.7 Å². The quantitative estimate of drug-likeness (QED) is 0.655. The Morgan fingerprint density at radius 1 is 1.10 bits per heavy atom. The maximum absolute atomic E-state index is 12.9. The van der Waals surface area contributed by atoms with Crippen LogP contribution in [-0.2, 0) is 11.0 Å². The first kappa shape index (κ1) is 20.2. The molecule has 0 unspecified atom stereocenters. The number of nitrogens with zero attached hydrogens (tertiary/aromatic N) is 4. The zero-order chi connectivity index (χ0) is 21.2. The Kier molecular flexibility index (Phi) is 5.44. The first-order chi connectivity index (χ1) is 13.6. The Hall–Kier alpha value is -3.56. The summed E-state index contributed by atoms with van der Waals surface area (Å²) in [4.78, 5) is 24.9. The number of carbonyl (C=O) groups is 2. The summed E-state index contributed by atoms with van der Waals surface area (Å²) in [5, 5.41) is 14.2. The van der Waals surface area contributed by atoms with Crippen molar-refractivity contribution in [1.29, 1.82) is 0 Å². The summed E-state index contributed by atoms with van der Waals surface area (Å²) in [5.41, 5.74) is 0.171. The molecule has 1 atom stereocenters. The second-order valence-electron chi connectivity index (χ2n) is 6.31. The molecule has 1 heterocycles. The van der Waals surface area contributed by atoms with Crippen LogP contribution in [0.15, 0.2) is 48.5 Å². The second kappa shape index (κ2) is 7.82. The Morgan fingerprint density at radius 3 is 2.52 bits per heavy atom. The Morgan fingerprint density at radius 2 is 1.83 bits per heavy atom. The number of tetrazole rings is 1. The normalized spacial score (nSPS) is 12.4. The molecule has 1 amide bonds. The summed E-state index contributed by atoms with van der Waals surface area (Å²) in [6.45, 7) is 2.93. The lowest BCUT2D eigenvalue weighted by atomic mass is 10.1. The van der Waals surface area contributed by atoms with Gasteiger partial charge in [-0.1, -0.05) is 24.3 Å². The van der Waals surface area contributed by atoms with Crippen molar-refractivity contribution in [2.24, 2.45) is 0 Å². The Bertz CT molecular complexity index is 1060. The van der Waals surface area contributed by atoms with Crippen LogP contribution in [0.4, 0.5) is 18.9 Å². The van der Waals surface area contributed by atoms with Gasteiger partial charge in [0.2, 0.25) is 5.82 Å². The van der Waals surface area contributed by atoms with E-state index in [0.717, 1.165) is 16.9 Å². The number of carbonyl (C=O) groups excluding carboxylic acids is 2. The third kappa shape index (κ3) is 4.65. The molecule has 0 aliphatic carbocycles. The predicted molar refractivity (Wildman–Crippen MR) is 98.0 cm³/mol. The zero-order valence-corrected chi connectivity index (χ0v) is 15.4. The molecular weight excluding hydrogens is 387 g/mol. The van der Waals surface area contributed by atoms with Crippen molar-refractivity contribution >= 4 is 17.4 Å². The molecule has 0 saturated heterocycles. The molecule has 2 aromatic carbocycles. The lowest BCUT2D eigenvalue weighted by molar-refractivity contribution is -0.137. The standard InChI is InChI=1S/C19H16F3N5O2/c1-11(18(29)23-16-8-4-5-13(10-16)12(2)28)27-25-17(24-26-27)14-6-3-7-15(9-14)19(20,21)22/h3-11H,1-2H3,(H,23,29)/t11-/m1/s1. The molecule has 150 valence electrons. The average Bonchev–Trinajstić information content (AvgIpc) is 3.17. The highest BCUT2D eigenvalue weighted by Crippen LogP contribution is 2.31. The largest absolute Gasteiger partial charge is 0.416 e. The molecule has 0 saturated carbocycles. The molecule has 0 bridgehead atoms. The van der Waals surface area contributed by atoms with E-state index in [4.69, 9.17) is 0 Å². The number of hydrogen-bond acceptors (Lipinski definition) is 5. The number of nitrogens with one attached hydrogen (secondary N) is 1. The summed E-state index contributed by atoms with van der Waals surface area (Å²) in [7, 11) is 0. The second-order valence-corrected chi connectivity index (χ2v) is 6.31. The number of halogens is 3. The van der Waals surface area contributed by atoms with Gasteiger partial charge in [-0.2, -0.15) is 18.0 Å². The van der Waals surface area contributed by atoms with Gasteiger partial charge in [-0.15, -0.1) is 10.2 Å². The number of anilines is 1. The highest BCUT2D eigenvalue weighted by molar-refractivity contribution is 5.97. The van der Waals surface area contributed by atoms with E-state index >= 15 is 0 Å². The van der Waals surface area contributed by atoms with Crippen LogP contribution in [0.5, 0.6) is 0 Å². The van der Waals surface area contributed by atoms with Gasteiger partial charge in [0.25, 0.3) is 5.91 Å². The van der Waals surface area contributed by atoms with E-state index in [-0.39, 0.29) is 17.2 Å². The van der Waals surface area contributed by atoms with Gasteiger partial charge in [-0.3, -0.25) is 9.59 Å². The van der Waals surface area contributed by atoms with Gasteiger partial charge in [-0.05, 0) is 43.3 Å². The Balaban J connectivity index is 1.77. The number of amides is 1. The van der Waals surface area contributed by atoms with Gasteiger partial charge < -0.3 is 5.32 Å². The van der Waals surface area contributed by atoms with E-state index in [0.29, 0.717) is 11.3 Å². The fourth-order valence-electron chi connectivity index (χ4n) is 2.51. The monoisotopic (exact) mass is 403 g/mol. The number of rotatable bonds is 5. The number of benzene rings is 2. The molecule has 0 aliphatic heterocycles. The summed E-state index contributed by atoms with van der Waals surface area (Å²) in [6.07, 6.45) is -4.49. The lowest BCUT2D eigenvalue weighted by Gasteiger charge is -2.11. The molecule has 0 spiro atoms. The van der Waals surface area contributed by atoms with Crippen LogP contribution in [0, 0.1) is 0 Å². The highest BCUT2D eigenvalue weighted by atomic mass is 19.4. The highest BCUT2D eigenvalue weighted by Gasteiger charge is 2.31. The van der Waals surface area contributed by atoms with Crippen LogP contribution in [-0.4, -0.2) is 31.9 Å². The molecule has 29 heavy (non-hydrogen) atoms. The van der Waals surface area contributed by atoms with Crippen molar-refractivity contribution in [3.63, 3.8) is 0 Å². The maximum atomic E-state index is 12.9. The Labute approximate surface area is 163 Å². The van der Waals surface area contributed by atoms with Gasteiger partial charge in [-0.25, -0.2) is 0 Å². The minimum absolute atomic E-state index is 0.0330. The van der Waals surface area contributed by atoms with Crippen LogP contribution in [0.3, 0.4) is 0 Å².